The Bertz CT molecular complexity index is 1120. The molecule has 6 nitrogen and oxygen atoms in total. The van der Waals surface area contributed by atoms with Gasteiger partial charge in [-0.1, -0.05) is 49.6 Å². The maximum absolute atomic E-state index is 14.0. The lowest BCUT2D eigenvalue weighted by Crippen LogP contribution is -2.47. The first-order valence-corrected chi connectivity index (χ1v) is 12.6. The van der Waals surface area contributed by atoms with Crippen molar-refractivity contribution in [3.05, 3.63) is 75.7 Å². The number of nitrogens with zero attached hydrogens (tertiary/aromatic N) is 2. The highest BCUT2D eigenvalue weighted by atomic mass is 32.1. The van der Waals surface area contributed by atoms with E-state index in [9.17, 15) is 9.59 Å². The molecule has 1 heterocycles. The summed E-state index contributed by atoms with van der Waals surface area (Å²) in [6.45, 7) is 3.72. The van der Waals surface area contributed by atoms with Gasteiger partial charge in [0.1, 0.15) is 16.7 Å². The first-order chi connectivity index (χ1) is 16.5. The van der Waals surface area contributed by atoms with E-state index in [2.05, 4.69) is 10.3 Å². The van der Waals surface area contributed by atoms with Crippen LogP contribution in [0.5, 0.6) is 5.75 Å². The molecule has 0 aliphatic heterocycles. The molecule has 1 fully saturated rings. The smallest absolute Gasteiger partial charge is 0.271 e. The quantitative estimate of drug-likeness (QED) is 0.480. The highest BCUT2D eigenvalue weighted by Crippen LogP contribution is 2.33. The summed E-state index contributed by atoms with van der Waals surface area (Å²) in [5, 5.41) is 4.07. The molecule has 178 valence electrons. The minimum atomic E-state index is -0.829. The summed E-state index contributed by atoms with van der Waals surface area (Å²) in [4.78, 5) is 34.5. The van der Waals surface area contributed by atoms with E-state index in [4.69, 9.17) is 4.74 Å². The molecule has 2 amide bonds. The number of methoxy groups -OCH3 is 1. The Labute approximate surface area is 205 Å². The molecule has 1 aromatic heterocycles. The Kier molecular flexibility index (Phi) is 7.63. The van der Waals surface area contributed by atoms with Crippen LogP contribution in [0.1, 0.15) is 64.1 Å². The zero-order valence-electron chi connectivity index (χ0n) is 19.9. The zero-order valence-corrected chi connectivity index (χ0v) is 20.7. The molecule has 0 spiro atoms. The summed E-state index contributed by atoms with van der Waals surface area (Å²) >= 11 is 1.36. The van der Waals surface area contributed by atoms with Crippen molar-refractivity contribution < 1.29 is 14.3 Å². The van der Waals surface area contributed by atoms with E-state index < -0.39 is 6.04 Å². The number of rotatable bonds is 7. The Morgan fingerprint density at radius 2 is 1.71 bits per heavy atom. The van der Waals surface area contributed by atoms with Crippen LogP contribution in [0.15, 0.2) is 54.6 Å². The molecule has 1 atom stereocenters. The van der Waals surface area contributed by atoms with Crippen LogP contribution in [0.4, 0.5) is 5.69 Å². The summed E-state index contributed by atoms with van der Waals surface area (Å²) in [7, 11) is 1.61. The number of aromatic nitrogens is 1. The van der Waals surface area contributed by atoms with Crippen molar-refractivity contribution in [2.24, 2.45) is 0 Å². The summed E-state index contributed by atoms with van der Waals surface area (Å²) in [5.74, 6) is 0.295. The molecule has 0 unspecified atom stereocenters. The largest absolute Gasteiger partial charge is 0.497 e. The summed E-state index contributed by atoms with van der Waals surface area (Å²) < 4.78 is 5.32. The zero-order chi connectivity index (χ0) is 24.1. The van der Waals surface area contributed by atoms with Crippen molar-refractivity contribution in [1.29, 1.82) is 0 Å². The molecule has 4 rings (SSSR count). The number of hydrogen-bond donors (Lipinski definition) is 1. The number of benzene rings is 2. The predicted molar refractivity (Wildman–Crippen MR) is 136 cm³/mol. The number of anilines is 1. The Hall–Kier alpha value is -3.19. The molecule has 1 saturated carbocycles. The summed E-state index contributed by atoms with van der Waals surface area (Å²) in [6.07, 6.45) is 5.35. The summed E-state index contributed by atoms with van der Waals surface area (Å²) in [6, 6.07) is 16.1. The van der Waals surface area contributed by atoms with Gasteiger partial charge < -0.3 is 10.1 Å². The number of para-hydroxylation sites is 1. The third kappa shape index (κ3) is 5.30. The maximum Gasteiger partial charge on any atom is 0.271 e. The molecule has 1 aliphatic rings. The maximum atomic E-state index is 14.0. The van der Waals surface area contributed by atoms with Gasteiger partial charge in [-0.15, -0.1) is 11.3 Å². The number of carbonyl (C=O) groups is 2. The van der Waals surface area contributed by atoms with Crippen LogP contribution in [0.2, 0.25) is 0 Å². The lowest BCUT2D eigenvalue weighted by molar-refractivity contribution is -0.123. The molecule has 7 heteroatoms. The molecule has 0 radical (unpaired) electrons. The van der Waals surface area contributed by atoms with Gasteiger partial charge in [-0.25, -0.2) is 4.98 Å². The third-order valence-electron chi connectivity index (χ3n) is 6.24. The van der Waals surface area contributed by atoms with E-state index in [0.717, 1.165) is 36.3 Å². The van der Waals surface area contributed by atoms with Gasteiger partial charge in [0.2, 0.25) is 5.91 Å². The first-order valence-electron chi connectivity index (χ1n) is 11.7. The lowest BCUT2D eigenvalue weighted by Gasteiger charge is -2.33. The van der Waals surface area contributed by atoms with E-state index in [1.54, 1.807) is 12.0 Å². The molecule has 34 heavy (non-hydrogen) atoms. The Morgan fingerprint density at radius 1 is 1.03 bits per heavy atom. The molecule has 0 bridgehead atoms. The van der Waals surface area contributed by atoms with Gasteiger partial charge in [-0.2, -0.15) is 0 Å². The number of hydrogen-bond acceptors (Lipinski definition) is 5. The highest BCUT2D eigenvalue weighted by Gasteiger charge is 2.36. The van der Waals surface area contributed by atoms with Crippen LogP contribution in [-0.4, -0.2) is 29.9 Å². The van der Waals surface area contributed by atoms with Crippen molar-refractivity contribution in [1.82, 2.24) is 10.3 Å². The SMILES string of the molecule is COc1ccc([C@H](C(=O)NC2CCCCC2)N(C(=O)c2sc(C)nc2C)c2ccccc2)cc1. The topological polar surface area (TPSA) is 71.5 Å². The highest BCUT2D eigenvalue weighted by molar-refractivity contribution is 7.13. The van der Waals surface area contributed by atoms with Gasteiger partial charge in [0.15, 0.2) is 0 Å². The van der Waals surface area contributed by atoms with Crippen LogP contribution in [0, 0.1) is 13.8 Å². The van der Waals surface area contributed by atoms with Crippen molar-refractivity contribution in [3.8, 4) is 5.75 Å². The first kappa shape index (κ1) is 24.0. The predicted octanol–water partition coefficient (Wildman–Crippen LogP) is 5.61. The summed E-state index contributed by atoms with van der Waals surface area (Å²) in [5.41, 5.74) is 2.07. The Morgan fingerprint density at radius 3 is 2.29 bits per heavy atom. The van der Waals surface area contributed by atoms with Crippen LogP contribution in [0.25, 0.3) is 0 Å². The average molecular weight is 478 g/mol. The van der Waals surface area contributed by atoms with Crippen LogP contribution >= 0.6 is 11.3 Å². The second-order valence-corrected chi connectivity index (χ2v) is 9.88. The molecule has 3 aromatic rings. The molecule has 1 N–H and O–H groups in total. The van der Waals surface area contributed by atoms with Gasteiger partial charge in [-0.05, 0) is 56.5 Å². The third-order valence-corrected chi connectivity index (χ3v) is 7.30. The van der Waals surface area contributed by atoms with E-state index in [1.165, 1.54) is 17.8 Å². The minimum Gasteiger partial charge on any atom is -0.497 e. The molecular weight excluding hydrogens is 446 g/mol. The van der Waals surface area contributed by atoms with Gasteiger partial charge >= 0.3 is 0 Å². The second kappa shape index (κ2) is 10.8. The van der Waals surface area contributed by atoms with E-state index in [0.29, 0.717) is 22.0 Å². The van der Waals surface area contributed by atoms with Gasteiger partial charge in [0, 0.05) is 11.7 Å². The van der Waals surface area contributed by atoms with Crippen molar-refractivity contribution in [3.63, 3.8) is 0 Å². The van der Waals surface area contributed by atoms with E-state index >= 15 is 0 Å². The minimum absolute atomic E-state index is 0.127. The van der Waals surface area contributed by atoms with E-state index in [-0.39, 0.29) is 17.9 Å². The van der Waals surface area contributed by atoms with Crippen molar-refractivity contribution >= 4 is 28.8 Å². The lowest BCUT2D eigenvalue weighted by atomic mass is 9.94. The fraction of sp³-hybridized carbons (Fsp3) is 0.370. The number of aryl methyl sites for hydroxylation is 2. The fourth-order valence-electron chi connectivity index (χ4n) is 4.54. The van der Waals surface area contributed by atoms with Gasteiger partial charge in [0.25, 0.3) is 5.91 Å². The van der Waals surface area contributed by atoms with Crippen molar-refractivity contribution in [2.75, 3.05) is 12.0 Å². The molecule has 1 aliphatic carbocycles. The van der Waals surface area contributed by atoms with Crippen LogP contribution < -0.4 is 15.0 Å². The van der Waals surface area contributed by atoms with Gasteiger partial charge in [0.05, 0.1) is 17.8 Å². The van der Waals surface area contributed by atoms with Crippen LogP contribution in [0.3, 0.4) is 0 Å². The molecule has 0 saturated heterocycles. The standard InChI is InChI=1S/C27H31N3O3S/c1-18-25(34-19(2)28-18)27(32)30(22-12-8-5-9-13-22)24(20-14-16-23(33-3)17-15-20)26(31)29-21-10-6-4-7-11-21/h5,8-9,12-17,21,24H,4,6-7,10-11H2,1-3H3,(H,29,31)/t24-/m1/s1. The number of carbonyl (C=O) groups excluding carboxylic acids is 2. The molecular formula is C27H31N3O3S. The Balaban J connectivity index is 1.80. The van der Waals surface area contributed by atoms with Gasteiger partial charge in [-0.3, -0.25) is 14.5 Å². The second-order valence-electron chi connectivity index (χ2n) is 8.68. The fourth-order valence-corrected chi connectivity index (χ4v) is 5.40. The monoisotopic (exact) mass is 477 g/mol. The molecule has 2 aromatic carbocycles. The normalized spacial score (nSPS) is 14.9. The number of ether oxygens (including phenoxy) is 1. The van der Waals surface area contributed by atoms with Crippen molar-refractivity contribution in [2.45, 2.75) is 58.0 Å². The number of amides is 2. The number of thiazole rings is 1. The number of nitrogens with one attached hydrogen (secondary N) is 1. The average Bonchev–Trinajstić information content (AvgIpc) is 3.21. The van der Waals surface area contributed by atoms with E-state index in [1.807, 2.05) is 68.4 Å². The van der Waals surface area contributed by atoms with Crippen LogP contribution in [-0.2, 0) is 4.79 Å².